The van der Waals surface area contributed by atoms with E-state index in [1.807, 2.05) is 21.1 Å². The lowest BCUT2D eigenvalue weighted by molar-refractivity contribution is -0.870. The Kier molecular flexibility index (Phi) is 69.0. The average molecular weight is 1260 g/mol. The Labute approximate surface area is 557 Å². The van der Waals surface area contributed by atoms with Crippen molar-refractivity contribution in [1.82, 2.24) is 0 Å². The number of carboxylic acids is 1. The van der Waals surface area contributed by atoms with Gasteiger partial charge in [0.15, 0.2) is 6.10 Å². The molecule has 0 heterocycles. The third-order valence-electron chi connectivity index (χ3n) is 17.2. The van der Waals surface area contributed by atoms with E-state index >= 15 is 0 Å². The van der Waals surface area contributed by atoms with Crippen LogP contribution in [-0.4, -0.2) is 87.4 Å². The van der Waals surface area contributed by atoms with E-state index in [2.05, 4.69) is 86.8 Å². The van der Waals surface area contributed by atoms with Gasteiger partial charge in [0.05, 0.1) is 34.4 Å². The Balaban J connectivity index is 4.03. The third-order valence-corrected chi connectivity index (χ3v) is 17.2. The SMILES string of the molecule is CC/C=C\C/C=C\C/C=C\C/C=C\C/C=C\C/C=C\CCCCCCCCCCCCCCCCC(=O)OC(COC(=O)CCCCCCCCCCCCCCCCCCCCCCCCCCCCCCCCCC)COC(OCC[N+](C)(C)C)C(=O)O. The zero-order valence-corrected chi connectivity index (χ0v) is 60.1. The predicted molar refractivity (Wildman–Crippen MR) is 387 cm³/mol. The maximum absolute atomic E-state index is 13.0. The van der Waals surface area contributed by atoms with Gasteiger partial charge in [-0.15, -0.1) is 0 Å². The van der Waals surface area contributed by atoms with Crippen LogP contribution in [0.15, 0.2) is 72.9 Å². The number of carboxylic acid groups (broad SMARTS) is 1. The highest BCUT2D eigenvalue weighted by atomic mass is 16.7. The van der Waals surface area contributed by atoms with Gasteiger partial charge >= 0.3 is 17.9 Å². The van der Waals surface area contributed by atoms with E-state index in [0.717, 1.165) is 77.0 Å². The van der Waals surface area contributed by atoms with Crippen LogP contribution in [-0.2, 0) is 33.3 Å². The van der Waals surface area contributed by atoms with Gasteiger partial charge in [-0.25, -0.2) is 4.79 Å². The Hall–Kier alpha value is -3.27. The molecular formula is C81H148NO8+. The fourth-order valence-electron chi connectivity index (χ4n) is 11.4. The summed E-state index contributed by atoms with van der Waals surface area (Å²) < 4.78 is 23.0. The number of quaternary nitrogens is 1. The molecule has 524 valence electrons. The Morgan fingerprint density at radius 2 is 0.633 bits per heavy atom. The normalized spacial score (nSPS) is 13.0. The highest BCUT2D eigenvalue weighted by Gasteiger charge is 2.25. The van der Waals surface area contributed by atoms with Crippen molar-refractivity contribution >= 4 is 17.9 Å². The van der Waals surface area contributed by atoms with Crippen molar-refractivity contribution in [3.8, 4) is 0 Å². The largest absolute Gasteiger partial charge is 0.477 e. The molecule has 90 heavy (non-hydrogen) atoms. The molecule has 9 nitrogen and oxygen atoms in total. The van der Waals surface area contributed by atoms with Gasteiger partial charge in [0, 0.05) is 12.8 Å². The zero-order chi connectivity index (χ0) is 65.4. The molecule has 0 aromatic rings. The lowest BCUT2D eigenvalue weighted by Gasteiger charge is -2.25. The summed E-state index contributed by atoms with van der Waals surface area (Å²) in [6.45, 7) is 4.82. The summed E-state index contributed by atoms with van der Waals surface area (Å²) in [6, 6.07) is 0. The van der Waals surface area contributed by atoms with Crippen molar-refractivity contribution < 1.29 is 42.9 Å². The highest BCUT2D eigenvalue weighted by Crippen LogP contribution is 2.19. The summed E-state index contributed by atoms with van der Waals surface area (Å²) in [5.41, 5.74) is 0. The molecule has 0 fully saturated rings. The molecule has 0 spiro atoms. The van der Waals surface area contributed by atoms with Crippen molar-refractivity contribution in [3.05, 3.63) is 72.9 Å². The maximum atomic E-state index is 13.0. The van der Waals surface area contributed by atoms with Gasteiger partial charge in [0.2, 0.25) is 0 Å². The van der Waals surface area contributed by atoms with Crippen LogP contribution in [0.2, 0.25) is 0 Å². The first kappa shape index (κ1) is 86.7. The molecule has 2 unspecified atom stereocenters. The molecule has 0 amide bonds. The number of aliphatic carboxylic acids is 1. The fraction of sp³-hybridized carbons (Fsp3) is 0.815. The van der Waals surface area contributed by atoms with Gasteiger partial charge < -0.3 is 28.5 Å². The van der Waals surface area contributed by atoms with E-state index in [4.69, 9.17) is 18.9 Å². The van der Waals surface area contributed by atoms with Crippen molar-refractivity contribution in [2.24, 2.45) is 0 Å². The zero-order valence-electron chi connectivity index (χ0n) is 60.1. The van der Waals surface area contributed by atoms with E-state index in [1.165, 1.54) is 263 Å². The van der Waals surface area contributed by atoms with Crippen molar-refractivity contribution in [1.29, 1.82) is 0 Å². The lowest BCUT2D eigenvalue weighted by Crippen LogP contribution is -2.40. The van der Waals surface area contributed by atoms with Crippen LogP contribution >= 0.6 is 0 Å². The second kappa shape index (κ2) is 71.6. The van der Waals surface area contributed by atoms with Crippen LogP contribution in [0.5, 0.6) is 0 Å². The van der Waals surface area contributed by atoms with Crippen LogP contribution in [0.4, 0.5) is 0 Å². The summed E-state index contributed by atoms with van der Waals surface area (Å²) in [6.07, 6.45) is 93.3. The number of unbranched alkanes of at least 4 members (excludes halogenated alkanes) is 45. The molecule has 0 bridgehead atoms. The van der Waals surface area contributed by atoms with Crippen LogP contribution < -0.4 is 0 Å². The smallest absolute Gasteiger partial charge is 0.361 e. The first-order valence-electron chi connectivity index (χ1n) is 38.6. The number of ether oxygens (including phenoxy) is 4. The molecule has 0 radical (unpaired) electrons. The molecule has 9 heteroatoms. The number of carbonyl (C=O) groups excluding carboxylic acids is 2. The number of hydrogen-bond acceptors (Lipinski definition) is 7. The summed E-state index contributed by atoms with van der Waals surface area (Å²) in [5, 5.41) is 9.77. The molecule has 0 aromatic carbocycles. The van der Waals surface area contributed by atoms with Gasteiger partial charge in [-0.2, -0.15) is 0 Å². The Bertz CT molecular complexity index is 1710. The molecule has 2 atom stereocenters. The van der Waals surface area contributed by atoms with Gasteiger partial charge in [-0.3, -0.25) is 9.59 Å². The second-order valence-electron chi connectivity index (χ2n) is 27.3. The summed E-state index contributed by atoms with van der Waals surface area (Å²) in [4.78, 5) is 37.7. The van der Waals surface area contributed by atoms with Gasteiger partial charge in [-0.05, 0) is 64.2 Å². The maximum Gasteiger partial charge on any atom is 0.361 e. The molecule has 0 aliphatic rings. The Morgan fingerprint density at radius 3 is 0.944 bits per heavy atom. The Morgan fingerprint density at radius 1 is 0.344 bits per heavy atom. The highest BCUT2D eigenvalue weighted by molar-refractivity contribution is 5.71. The predicted octanol–water partition coefficient (Wildman–Crippen LogP) is 24.4. The molecule has 0 saturated carbocycles. The monoisotopic (exact) mass is 1260 g/mol. The quantitative estimate of drug-likeness (QED) is 0.0211. The first-order valence-corrected chi connectivity index (χ1v) is 38.6. The fourth-order valence-corrected chi connectivity index (χ4v) is 11.4. The molecular weight excluding hydrogens is 1110 g/mol. The number of rotatable bonds is 72. The van der Waals surface area contributed by atoms with E-state index in [1.54, 1.807) is 0 Å². The average Bonchev–Trinajstić information content (AvgIpc) is 3.72. The topological polar surface area (TPSA) is 108 Å². The summed E-state index contributed by atoms with van der Waals surface area (Å²) in [5.74, 6) is -1.98. The number of hydrogen-bond donors (Lipinski definition) is 1. The van der Waals surface area contributed by atoms with Gasteiger partial charge in [0.25, 0.3) is 6.29 Å². The minimum atomic E-state index is -1.51. The van der Waals surface area contributed by atoms with Crippen LogP contribution in [0, 0.1) is 0 Å². The van der Waals surface area contributed by atoms with Crippen LogP contribution in [0.3, 0.4) is 0 Å². The van der Waals surface area contributed by atoms with Crippen molar-refractivity contribution in [3.63, 3.8) is 0 Å². The van der Waals surface area contributed by atoms with Crippen molar-refractivity contribution in [2.45, 2.75) is 379 Å². The summed E-state index contributed by atoms with van der Waals surface area (Å²) >= 11 is 0. The van der Waals surface area contributed by atoms with E-state index in [-0.39, 0.29) is 32.2 Å². The molecule has 1 N–H and O–H groups in total. The minimum absolute atomic E-state index is 0.179. The number of nitrogens with zero attached hydrogens (tertiary/aromatic N) is 1. The molecule has 0 aliphatic carbocycles. The molecule has 0 aromatic heterocycles. The van der Waals surface area contributed by atoms with E-state index < -0.39 is 24.3 Å². The number of likely N-dealkylation sites (N-methyl/N-ethyl adjacent to an activating group) is 1. The van der Waals surface area contributed by atoms with Gasteiger partial charge in [-0.1, -0.05) is 363 Å². The minimum Gasteiger partial charge on any atom is -0.477 e. The number of allylic oxidation sites excluding steroid dienone is 12. The van der Waals surface area contributed by atoms with Crippen LogP contribution in [0.1, 0.15) is 367 Å². The molecule has 0 saturated heterocycles. The second-order valence-corrected chi connectivity index (χ2v) is 27.3. The first-order chi connectivity index (χ1) is 44.1. The van der Waals surface area contributed by atoms with E-state index in [0.29, 0.717) is 17.4 Å². The number of carbonyl (C=O) groups is 3. The number of esters is 2. The molecule has 0 aliphatic heterocycles. The third kappa shape index (κ3) is 72.2. The van der Waals surface area contributed by atoms with Crippen molar-refractivity contribution in [2.75, 3.05) is 47.5 Å². The summed E-state index contributed by atoms with van der Waals surface area (Å²) in [7, 11) is 5.99. The van der Waals surface area contributed by atoms with E-state index in [9.17, 15) is 19.5 Å². The van der Waals surface area contributed by atoms with Crippen LogP contribution in [0.25, 0.3) is 0 Å². The van der Waals surface area contributed by atoms with Gasteiger partial charge in [0.1, 0.15) is 13.2 Å². The standard InChI is InChI=1S/C81H147NO8/c1-6-8-10-12-14-16-18-20-22-24-26-28-30-32-34-36-38-40-42-44-46-48-50-52-54-56-58-60-62-64-66-68-70-72-79(84)90-77(76-89-81(80(85)86)87-74-73-82(3,4)5)75-88-78(83)71-69-67-65-63-61-59-57-55-53-51-49-47-45-43-41-39-37-35-33-31-29-27-25-23-21-19-17-15-13-11-9-7-2/h8,10,14,16,20,22,26,28,32,34,38,40,77,81H,6-7,9,11-13,15,17-19,21,23-25,27,29-31,33,35-37,39,41-76H2,1-5H3/p+1/b10-8-,16-14-,22-20-,28-26-,34-32-,40-38-. The molecule has 0 rings (SSSR count). The lowest BCUT2D eigenvalue weighted by atomic mass is 10.0.